The van der Waals surface area contributed by atoms with E-state index in [0.29, 0.717) is 0 Å². The molecule has 0 spiro atoms. The maximum atomic E-state index is 11.3. The van der Waals surface area contributed by atoms with E-state index >= 15 is 0 Å². The number of hydrogen-bond acceptors (Lipinski definition) is 35. The van der Waals surface area contributed by atoms with Gasteiger partial charge in [-0.3, -0.25) is 27.6 Å². The van der Waals surface area contributed by atoms with Crippen LogP contribution in [-0.2, 0) is 123 Å². The molecule has 0 saturated heterocycles. The summed E-state index contributed by atoms with van der Waals surface area (Å²) in [4.78, 5) is 238. The summed E-state index contributed by atoms with van der Waals surface area (Å²) in [6, 6.07) is 0. The third-order valence-corrected chi connectivity index (χ3v) is 28.8. The summed E-state index contributed by atoms with van der Waals surface area (Å²) in [7, 11) is -45.0. The van der Waals surface area contributed by atoms with Gasteiger partial charge in [-0.1, -0.05) is 31.6 Å². The maximum Gasteiger partial charge on any atom is 1.00 e. The van der Waals surface area contributed by atoms with Crippen LogP contribution < -0.4 is 122 Å². The number of hydrogen-bond donors (Lipinski definition) is 20. The molecule has 0 amide bonds. The van der Waals surface area contributed by atoms with E-state index in [0.717, 1.165) is 66.8 Å². The van der Waals surface area contributed by atoms with E-state index in [-0.39, 0.29) is 148 Å². The molecule has 0 aliphatic carbocycles. The van der Waals surface area contributed by atoms with Crippen molar-refractivity contribution in [3.63, 3.8) is 0 Å². The Kier molecular flexibility index (Phi) is 66.4. The van der Waals surface area contributed by atoms with Gasteiger partial charge in [0, 0.05) is 37.2 Å². The molecule has 710 valence electrons. The van der Waals surface area contributed by atoms with Crippen molar-refractivity contribution in [3.05, 3.63) is 99.7 Å². The first-order valence-corrected chi connectivity index (χ1v) is 47.8. The molecule has 4 aromatic heterocycles. The van der Waals surface area contributed by atoms with Crippen molar-refractivity contribution in [2.24, 2.45) is 0 Å². The number of halogens is 5. The Morgan fingerprint density at radius 2 is 0.861 bits per heavy atom. The average molecular weight is 2080 g/mol. The minimum Gasteiger partial charge on any atom is -1.00 e. The molecule has 0 fully saturated rings. The van der Waals surface area contributed by atoms with Gasteiger partial charge in [0.15, 0.2) is 66.6 Å². The first kappa shape index (κ1) is 138. The summed E-state index contributed by atoms with van der Waals surface area (Å²) in [5, 5.41) is 59.6. The molecule has 58 nitrogen and oxygen atoms in total. The summed E-state index contributed by atoms with van der Waals surface area (Å²) in [6.45, 7) is 1.64. The van der Waals surface area contributed by atoms with E-state index < -0.39 is 174 Å². The number of alkyl halides is 1. The van der Waals surface area contributed by atoms with Gasteiger partial charge in [0.25, 0.3) is 13.3 Å². The normalized spacial score (nSPS) is 14.5. The molecule has 5 unspecified atom stereocenters. The van der Waals surface area contributed by atoms with Gasteiger partial charge in [0.1, 0.15) is 55.5 Å². The zero-order chi connectivity index (χ0) is 89.8. The predicted octanol–water partition coefficient (Wildman–Crippen LogP) is -26.2. The van der Waals surface area contributed by atoms with Crippen LogP contribution in [0.1, 0.15) is 14.4 Å². The van der Waals surface area contributed by atoms with E-state index in [1.807, 2.05) is 18.7 Å². The first-order chi connectivity index (χ1) is 51.2. The smallest absolute Gasteiger partial charge is 1.00 e. The van der Waals surface area contributed by atoms with Gasteiger partial charge in [-0.25, -0.2) is 56.4 Å². The fourth-order valence-corrected chi connectivity index (χ4v) is 15.5. The summed E-state index contributed by atoms with van der Waals surface area (Å²) in [5.41, 5.74) is 0. The number of carbonyl (C=O) groups excluding carboxylic acids is 3. The zero-order valence-corrected chi connectivity index (χ0v) is 78.3. The van der Waals surface area contributed by atoms with Crippen LogP contribution in [0.3, 0.4) is 0 Å². The molecule has 0 bridgehead atoms. The van der Waals surface area contributed by atoms with Gasteiger partial charge in [-0.05, 0) is 14.5 Å². The van der Waals surface area contributed by atoms with Crippen molar-refractivity contribution in [2.45, 2.75) is 99.7 Å². The molecule has 2 aliphatic heterocycles. The van der Waals surface area contributed by atoms with E-state index in [4.69, 9.17) is 100.0 Å². The van der Waals surface area contributed by atoms with Gasteiger partial charge in [0.2, 0.25) is 19.0 Å². The van der Waals surface area contributed by atoms with Gasteiger partial charge in [0.05, 0.1) is 67.2 Å². The quantitative estimate of drug-likeness (QED) is 0.00576. The first-order valence-electron chi connectivity index (χ1n) is 29.9. The van der Waals surface area contributed by atoms with Crippen LogP contribution in [0.5, 0.6) is 0 Å². The fraction of sp³-hybridized carbons (Fsp3) is 0.542. The van der Waals surface area contributed by atoms with Crippen molar-refractivity contribution in [1.29, 1.82) is 0 Å². The third-order valence-electron chi connectivity index (χ3n) is 13.5. The standard InChI is InChI=1S/C9H13N2O4.C8H19N2O11P3.C7H17N2O11P3.C7H12N2O9P2.C7H8N2O4.C6H12N2Si.C3H5ClO2.CH4.4ClH.Na.HO3P.2H2O/c1-14-8(12)5-10-3-4-11(7-10)6-9(13)15-2;1-7(11,22(13,14)15)4-9-2-3-10(6-9)5-8(12,23(16,17)18)24(19,20)21;10-6(21(12,13)14)3-8-1-2-9(5-8)4-7(11,22(15,16)17)23(18,19)20;10-6(11)3-8-1-2-9(5-8)4-7(12,19(13,14)15)20(16,17)18;10-6(11)3-8-1-2-9(5-8)4-7(12)13;1-9(2,3)8-5-4-7-6-8;1-6-3(5)2-4;;;;;;;1-4(2)3;;/h3-4,7H,5-6H2,1-2H3;2-3,11-12H,4-6H2,1H3,(H2,13,14,15)(H2,16,17,18)(H2,19,20,21);1-2,6,10-11H,3-5H2,(H2,12,13,14)(H2,15,16,17)(H2,18,19,20);1-2,5,12H,3-4H2,(H4-,10,11,13,14,15,16,17,18);1-2,5H,3-4H2,(H-,10,11,12,13);4-6H,1-3H3;2H2,1H3;1H4;4*1H;;(H,1,2,3);2*1H2/q+1;;;;;;;;;;;;+1;;;/p-8. The molecule has 6 rings (SSSR count). The summed E-state index contributed by atoms with van der Waals surface area (Å²) in [5.74, 6) is -6.40. The number of aliphatic hydroxyl groups is 5. The molecule has 74 heteroatoms. The molecule has 0 saturated carbocycles. The summed E-state index contributed by atoms with van der Waals surface area (Å²) >= 11 is 4.98. The Labute approximate surface area is 745 Å². The molecule has 122 heavy (non-hydrogen) atoms. The number of carboxylic acid groups (broad SMARTS) is 3. The number of β-amino-alcohol motifs (C(OH)–C–C–N with tert-alkyl or cyclic N) is 4. The van der Waals surface area contributed by atoms with Crippen LogP contribution >= 0.6 is 80.6 Å². The predicted molar refractivity (Wildman–Crippen MR) is 378 cm³/mol. The van der Waals surface area contributed by atoms with E-state index in [2.05, 4.69) is 43.1 Å². The van der Waals surface area contributed by atoms with Gasteiger partial charge in [-0.15, -0.1) is 11.6 Å². The molecule has 0 radical (unpaired) electrons. The minimum atomic E-state index is -6.18. The minimum absolute atomic E-state index is 0. The van der Waals surface area contributed by atoms with Gasteiger partial charge in [-0.2, -0.15) is 0 Å². The van der Waals surface area contributed by atoms with Crippen LogP contribution in [0, 0.1) is 0 Å². The second-order valence-corrected chi connectivity index (χ2v) is 45.1. The van der Waals surface area contributed by atoms with E-state index in [1.165, 1.54) is 61.6 Å². The molecule has 4 aromatic rings. The largest absolute Gasteiger partial charge is 1.00 e. The number of methoxy groups -OCH3 is 3. The molecule has 5 atom stereocenters. The second-order valence-electron chi connectivity index (χ2n) is 23.9. The number of carbonyl (C=O) groups is 6. The van der Waals surface area contributed by atoms with Crippen LogP contribution in [0.25, 0.3) is 0 Å². The van der Waals surface area contributed by atoms with Crippen LogP contribution in [-0.4, -0.2) is 290 Å². The van der Waals surface area contributed by atoms with Crippen molar-refractivity contribution in [2.75, 3.05) is 66.7 Å². The number of nitrogens with zero attached hydrogens (tertiary/aromatic N) is 12. The Bertz CT molecular complexity index is 4180. The number of carboxylic acids is 3. The topological polar surface area (TPSA) is 945 Å². The van der Waals surface area contributed by atoms with Crippen molar-refractivity contribution >= 4 is 125 Å². The number of aliphatic carboxylic acids is 3. The maximum absolute atomic E-state index is 11.3. The Hall–Kier alpha value is -4.05. The van der Waals surface area contributed by atoms with Crippen LogP contribution in [0.2, 0.25) is 19.6 Å². The van der Waals surface area contributed by atoms with Crippen LogP contribution in [0.15, 0.2) is 99.7 Å². The molecule has 23 N–H and O–H groups in total. The number of aromatic nitrogens is 8. The van der Waals surface area contributed by atoms with Crippen molar-refractivity contribution < 1.29 is 317 Å². The Balaban J connectivity index is -0.000000151. The number of rotatable bonds is 30. The number of aliphatic hydroxyl groups excluding tert-OH is 1. The van der Waals surface area contributed by atoms with E-state index in [9.17, 15) is 110 Å². The fourth-order valence-electron chi connectivity index (χ4n) is 7.56. The molecule has 2 aliphatic rings. The van der Waals surface area contributed by atoms with Gasteiger partial charge < -0.3 is 241 Å². The Morgan fingerprint density at radius 3 is 1.15 bits per heavy atom. The molecule has 0 aromatic carbocycles. The number of ether oxygens (including phenoxy) is 3. The van der Waals surface area contributed by atoms with Crippen molar-refractivity contribution in [1.82, 2.24) is 42.5 Å². The molecular formula is C48H91Cl5N12NaO46P9Si-6. The molecular weight excluding hydrogens is 1990 g/mol. The summed E-state index contributed by atoms with van der Waals surface area (Å²) in [6.07, 6.45) is 22.9. The summed E-state index contributed by atoms with van der Waals surface area (Å²) < 4.78 is 120. The number of esters is 3. The van der Waals surface area contributed by atoms with Gasteiger partial charge >= 0.3 is 108 Å². The third kappa shape index (κ3) is 50.1. The monoisotopic (exact) mass is 2080 g/mol. The Morgan fingerprint density at radius 1 is 0.533 bits per heavy atom. The van der Waals surface area contributed by atoms with Crippen LogP contribution in [0.4, 0.5) is 0 Å². The van der Waals surface area contributed by atoms with Crippen molar-refractivity contribution in [3.8, 4) is 0 Å². The number of imidazole rings is 4. The molecule has 6 heterocycles. The SMILES string of the molecule is C.CC(O)(CN1C=CN(CC(O)(P(=O)(O)O)P(=O)(O)O)C1)P(=O)(O)O.COC(=O)CCl.COC(=O)Cn1cc[n+](CC(=O)OC)c1.C[Si](C)(C)n1ccnc1.O.O=C(O)C[n+]1ccn(CC(O)(P(=O)(O)O)P(=O)(O)O)c1.O=C(O)Cn1cc[n+](CC(=O)O)c1.O=P([O-])(O)C(O)CN1C=CN(CC(O)(P(=O)([O-])[O-])P(=O)([O-])O)C1.O=[P+]([O-])[O-].[Cl-].[Cl-].[Cl-].[Cl-].[Na+].[OH-]. The zero-order valence-electron chi connectivity index (χ0n) is 63.5. The average Bonchev–Trinajstić information content (AvgIpc) is 1.22. The second kappa shape index (κ2) is 58.5. The van der Waals surface area contributed by atoms with E-state index in [1.54, 1.807) is 27.9 Å².